The van der Waals surface area contributed by atoms with E-state index >= 15 is 0 Å². The first kappa shape index (κ1) is 11.0. The van der Waals surface area contributed by atoms with Gasteiger partial charge in [0.25, 0.3) is 0 Å². The average molecular weight is 288 g/mol. The van der Waals surface area contributed by atoms with Gasteiger partial charge in [-0.05, 0) is 42.9 Å². The first-order valence-corrected chi connectivity index (χ1v) is 6.92. The van der Waals surface area contributed by atoms with E-state index in [1.807, 2.05) is 0 Å². The molecule has 3 rings (SSSR count). The highest BCUT2D eigenvalue weighted by Gasteiger charge is 2.43. The topological polar surface area (TPSA) is 23.8 Å². The van der Waals surface area contributed by atoms with Gasteiger partial charge in [0.15, 0.2) is 0 Å². The van der Waals surface area contributed by atoms with Crippen LogP contribution in [0.3, 0.4) is 0 Å². The Kier molecular flexibility index (Phi) is 2.60. The monoisotopic (exact) mass is 287 g/mol. The fraction of sp³-hybridized carbons (Fsp3) is 0.400. The second-order valence-corrected chi connectivity index (χ2v) is 5.92. The lowest BCUT2D eigenvalue weighted by atomic mass is 9.68. The molecule has 0 unspecified atom stereocenters. The summed E-state index contributed by atoms with van der Waals surface area (Å²) in [5.41, 5.74) is 2.96. The third kappa shape index (κ3) is 1.57. The van der Waals surface area contributed by atoms with Gasteiger partial charge in [-0.2, -0.15) is 5.26 Å². The predicted molar refractivity (Wildman–Crippen MR) is 72.6 cm³/mol. The molecule has 1 aromatic carbocycles. The van der Waals surface area contributed by atoms with Crippen LogP contribution in [0.2, 0.25) is 0 Å². The standard InChI is InChI=1S/C15H14BrN/c16-14-9-12-3-1-2-4-13(12)15(14)7-5-11(10-17)6-8-15/h1-4,9,11H,5-8H2. The van der Waals surface area contributed by atoms with Crippen LogP contribution in [0.15, 0.2) is 28.7 Å². The molecule has 1 fully saturated rings. The minimum atomic E-state index is 0.171. The normalized spacial score (nSPS) is 30.8. The number of allylic oxidation sites excluding steroid dienone is 1. The number of nitriles is 1. The zero-order valence-electron chi connectivity index (χ0n) is 9.62. The van der Waals surface area contributed by atoms with Crippen molar-refractivity contribution in [3.05, 3.63) is 39.9 Å². The van der Waals surface area contributed by atoms with Crippen LogP contribution in [-0.4, -0.2) is 0 Å². The van der Waals surface area contributed by atoms with Gasteiger partial charge in [0.1, 0.15) is 0 Å². The summed E-state index contributed by atoms with van der Waals surface area (Å²) in [6, 6.07) is 11.1. The van der Waals surface area contributed by atoms with Crippen molar-refractivity contribution in [3.8, 4) is 6.07 Å². The molecule has 2 aliphatic carbocycles. The summed E-state index contributed by atoms with van der Waals surface area (Å²) < 4.78 is 1.31. The molecule has 0 saturated heterocycles. The third-order valence-corrected chi connectivity index (χ3v) is 5.23. The van der Waals surface area contributed by atoms with E-state index in [1.165, 1.54) is 15.6 Å². The minimum absolute atomic E-state index is 0.171. The Hall–Kier alpha value is -1.07. The fourth-order valence-corrected chi connectivity index (χ4v) is 4.07. The molecule has 1 spiro atoms. The predicted octanol–water partition coefficient (Wildman–Crippen LogP) is 4.39. The molecule has 1 saturated carbocycles. The van der Waals surface area contributed by atoms with Crippen molar-refractivity contribution in [3.63, 3.8) is 0 Å². The highest BCUT2D eigenvalue weighted by Crippen LogP contribution is 2.53. The molecular weight excluding hydrogens is 274 g/mol. The lowest BCUT2D eigenvalue weighted by molar-refractivity contribution is 0.314. The summed E-state index contributed by atoms with van der Waals surface area (Å²) in [5.74, 6) is 0.258. The molecule has 0 aromatic heterocycles. The van der Waals surface area contributed by atoms with E-state index in [0.29, 0.717) is 0 Å². The number of hydrogen-bond donors (Lipinski definition) is 0. The molecule has 86 valence electrons. The zero-order chi connectivity index (χ0) is 11.9. The highest BCUT2D eigenvalue weighted by molar-refractivity contribution is 9.11. The molecular formula is C15H14BrN. The SMILES string of the molecule is N#CC1CCC2(CC1)C(Br)=Cc1ccccc12. The van der Waals surface area contributed by atoms with Crippen LogP contribution in [-0.2, 0) is 5.41 Å². The lowest BCUT2D eigenvalue weighted by Gasteiger charge is -2.37. The van der Waals surface area contributed by atoms with E-state index in [9.17, 15) is 0 Å². The van der Waals surface area contributed by atoms with Gasteiger partial charge in [-0.25, -0.2) is 0 Å². The smallest absolute Gasteiger partial charge is 0.0655 e. The number of nitrogens with zero attached hydrogens (tertiary/aromatic N) is 1. The molecule has 0 N–H and O–H groups in total. The van der Waals surface area contributed by atoms with Gasteiger partial charge in [-0.1, -0.05) is 40.2 Å². The molecule has 17 heavy (non-hydrogen) atoms. The van der Waals surface area contributed by atoms with E-state index in [2.05, 4.69) is 52.3 Å². The number of hydrogen-bond acceptors (Lipinski definition) is 1. The first-order valence-electron chi connectivity index (χ1n) is 6.13. The van der Waals surface area contributed by atoms with E-state index in [4.69, 9.17) is 5.26 Å². The Balaban J connectivity index is 2.00. The van der Waals surface area contributed by atoms with E-state index in [1.54, 1.807) is 0 Å². The maximum Gasteiger partial charge on any atom is 0.0655 e. The van der Waals surface area contributed by atoms with Crippen LogP contribution in [0.5, 0.6) is 0 Å². The largest absolute Gasteiger partial charge is 0.198 e. The van der Waals surface area contributed by atoms with Gasteiger partial charge in [0.05, 0.1) is 6.07 Å². The number of rotatable bonds is 0. The first-order chi connectivity index (χ1) is 8.26. The number of fused-ring (bicyclic) bond motifs is 2. The van der Waals surface area contributed by atoms with Crippen LogP contribution in [0.1, 0.15) is 36.8 Å². The van der Waals surface area contributed by atoms with E-state index in [0.717, 1.165) is 25.7 Å². The van der Waals surface area contributed by atoms with Crippen LogP contribution in [0, 0.1) is 17.2 Å². The molecule has 0 amide bonds. The van der Waals surface area contributed by atoms with E-state index in [-0.39, 0.29) is 11.3 Å². The van der Waals surface area contributed by atoms with Crippen LogP contribution in [0.4, 0.5) is 0 Å². The summed E-state index contributed by atoms with van der Waals surface area (Å²) in [6.07, 6.45) is 6.49. The molecule has 0 atom stereocenters. The van der Waals surface area contributed by atoms with Crippen molar-refractivity contribution >= 4 is 22.0 Å². The zero-order valence-corrected chi connectivity index (χ0v) is 11.2. The van der Waals surface area contributed by atoms with Gasteiger partial charge in [-0.15, -0.1) is 0 Å². The summed E-state index contributed by atoms with van der Waals surface area (Å²) in [7, 11) is 0. The highest BCUT2D eigenvalue weighted by atomic mass is 79.9. The van der Waals surface area contributed by atoms with Crippen LogP contribution >= 0.6 is 15.9 Å². The molecule has 2 aliphatic rings. The fourth-order valence-electron chi connectivity index (χ4n) is 3.21. The van der Waals surface area contributed by atoms with Crippen molar-refractivity contribution in [2.75, 3.05) is 0 Å². The van der Waals surface area contributed by atoms with Gasteiger partial charge in [0, 0.05) is 15.8 Å². The second kappa shape index (κ2) is 3.99. The Bertz CT molecular complexity index is 516. The van der Waals surface area contributed by atoms with Crippen LogP contribution < -0.4 is 0 Å². The van der Waals surface area contributed by atoms with Crippen molar-refractivity contribution in [2.45, 2.75) is 31.1 Å². The lowest BCUT2D eigenvalue weighted by Crippen LogP contribution is -2.30. The maximum absolute atomic E-state index is 9.01. The summed E-state index contributed by atoms with van der Waals surface area (Å²) in [6.45, 7) is 0. The van der Waals surface area contributed by atoms with Crippen molar-refractivity contribution in [1.82, 2.24) is 0 Å². The molecule has 0 aliphatic heterocycles. The van der Waals surface area contributed by atoms with Gasteiger partial charge in [0.2, 0.25) is 0 Å². The van der Waals surface area contributed by atoms with Crippen molar-refractivity contribution in [1.29, 1.82) is 5.26 Å². The maximum atomic E-state index is 9.01. The molecule has 0 bridgehead atoms. The quantitative estimate of drug-likeness (QED) is 0.694. The van der Waals surface area contributed by atoms with E-state index < -0.39 is 0 Å². The molecule has 0 heterocycles. The van der Waals surface area contributed by atoms with Crippen molar-refractivity contribution in [2.24, 2.45) is 5.92 Å². The molecule has 2 heteroatoms. The summed E-state index contributed by atoms with van der Waals surface area (Å²) in [4.78, 5) is 0. The Morgan fingerprint density at radius 1 is 1.24 bits per heavy atom. The Morgan fingerprint density at radius 3 is 2.65 bits per heavy atom. The number of halogens is 1. The molecule has 0 radical (unpaired) electrons. The van der Waals surface area contributed by atoms with Crippen molar-refractivity contribution < 1.29 is 0 Å². The summed E-state index contributed by atoms with van der Waals surface area (Å²) in [5, 5.41) is 9.01. The second-order valence-electron chi connectivity index (χ2n) is 5.07. The van der Waals surface area contributed by atoms with Gasteiger partial charge in [-0.3, -0.25) is 0 Å². The molecule has 1 nitrogen and oxygen atoms in total. The van der Waals surface area contributed by atoms with Gasteiger partial charge < -0.3 is 0 Å². The van der Waals surface area contributed by atoms with Gasteiger partial charge >= 0.3 is 0 Å². The Labute approximate surface area is 110 Å². The van der Waals surface area contributed by atoms with Crippen LogP contribution in [0.25, 0.3) is 6.08 Å². The summed E-state index contributed by atoms with van der Waals surface area (Å²) >= 11 is 3.76. The number of benzene rings is 1. The third-order valence-electron chi connectivity index (χ3n) is 4.24. The minimum Gasteiger partial charge on any atom is -0.198 e. The Morgan fingerprint density at radius 2 is 1.94 bits per heavy atom. The molecule has 1 aromatic rings. The average Bonchev–Trinajstić information content (AvgIpc) is 2.64.